The summed E-state index contributed by atoms with van der Waals surface area (Å²) in [6.45, 7) is 6.84. The van der Waals surface area contributed by atoms with Crippen molar-refractivity contribution in [2.45, 2.75) is 32.6 Å². The van der Waals surface area contributed by atoms with E-state index in [0.29, 0.717) is 32.5 Å². The van der Waals surface area contributed by atoms with Crippen LogP contribution in [0.3, 0.4) is 0 Å². The average Bonchev–Trinajstić information content (AvgIpc) is 2.42. The molecule has 1 aliphatic rings. The molecule has 0 fully saturated rings. The molecule has 5 heteroatoms. The Labute approximate surface area is 119 Å². The molecule has 0 aromatic rings. The Morgan fingerprint density at radius 1 is 1.45 bits per heavy atom. The van der Waals surface area contributed by atoms with Gasteiger partial charge in [-0.15, -0.1) is 0 Å². The molecule has 1 rings (SSSR count). The third kappa shape index (κ3) is 5.57. The van der Waals surface area contributed by atoms with Gasteiger partial charge in [0.05, 0.1) is 25.7 Å². The van der Waals surface area contributed by atoms with Gasteiger partial charge in [-0.05, 0) is 26.2 Å². The second-order valence-electron chi connectivity index (χ2n) is 4.98. The van der Waals surface area contributed by atoms with Crippen molar-refractivity contribution in [1.29, 1.82) is 0 Å². The number of ether oxygens (including phenoxy) is 2. The van der Waals surface area contributed by atoms with Crippen molar-refractivity contribution in [3.05, 3.63) is 23.8 Å². The molecule has 0 amide bonds. The predicted molar refractivity (Wildman–Crippen MR) is 74.3 cm³/mol. The number of rotatable bonds is 8. The number of hydrogen-bond acceptors (Lipinski definition) is 4. The smallest absolute Gasteiger partial charge is 0.332 e. The first kappa shape index (κ1) is 16.4. The number of esters is 1. The molecule has 0 heterocycles. The first-order chi connectivity index (χ1) is 9.52. The molecule has 0 saturated carbocycles. The molecule has 0 saturated heterocycles. The maximum atomic E-state index is 11.9. The zero-order chi connectivity index (χ0) is 15.0. The van der Waals surface area contributed by atoms with Gasteiger partial charge in [0, 0.05) is 12.0 Å². The predicted octanol–water partition coefficient (Wildman–Crippen LogP) is 2.32. The van der Waals surface area contributed by atoms with Crippen LogP contribution in [0, 0.1) is 5.92 Å². The fourth-order valence-electron chi connectivity index (χ4n) is 2.04. The van der Waals surface area contributed by atoms with Crippen molar-refractivity contribution < 1.29 is 24.2 Å². The van der Waals surface area contributed by atoms with Gasteiger partial charge in [-0.1, -0.05) is 18.2 Å². The number of aliphatic carboxylic acids is 1. The van der Waals surface area contributed by atoms with Gasteiger partial charge in [0.1, 0.15) is 0 Å². The lowest BCUT2D eigenvalue weighted by Crippen LogP contribution is -2.26. The minimum atomic E-state index is -1.03. The number of carboxylic acids is 1. The van der Waals surface area contributed by atoms with Gasteiger partial charge in [0.15, 0.2) is 0 Å². The first-order valence-corrected chi connectivity index (χ1v) is 6.84. The highest BCUT2D eigenvalue weighted by Crippen LogP contribution is 2.26. The number of carbonyl (C=O) groups is 2. The van der Waals surface area contributed by atoms with Crippen LogP contribution in [-0.4, -0.2) is 36.9 Å². The molecular formula is C15H22O5. The Hall–Kier alpha value is -1.62. The SMILES string of the molecule is C=C(C)COCCCOC(=O)C1CCCC=C1C(=O)O. The summed E-state index contributed by atoms with van der Waals surface area (Å²) in [6, 6.07) is 0. The zero-order valence-corrected chi connectivity index (χ0v) is 11.9. The van der Waals surface area contributed by atoms with E-state index in [0.717, 1.165) is 12.0 Å². The standard InChI is InChI=1S/C15H22O5/c1-11(2)10-19-8-5-9-20-15(18)13-7-4-3-6-12(13)14(16)17/h6,13H,1,3-5,7-10H2,2H3,(H,16,17). The highest BCUT2D eigenvalue weighted by Gasteiger charge is 2.30. The van der Waals surface area contributed by atoms with Crippen molar-refractivity contribution in [2.24, 2.45) is 5.92 Å². The quantitative estimate of drug-likeness (QED) is 0.420. The fourth-order valence-corrected chi connectivity index (χ4v) is 2.04. The molecule has 0 aromatic carbocycles. The molecule has 0 aliphatic heterocycles. The molecule has 1 N–H and O–H groups in total. The Balaban J connectivity index is 2.28. The van der Waals surface area contributed by atoms with Crippen LogP contribution in [0.15, 0.2) is 23.8 Å². The van der Waals surface area contributed by atoms with E-state index in [1.165, 1.54) is 0 Å². The first-order valence-electron chi connectivity index (χ1n) is 6.84. The van der Waals surface area contributed by atoms with Gasteiger partial charge in [-0.2, -0.15) is 0 Å². The van der Waals surface area contributed by atoms with Crippen LogP contribution >= 0.6 is 0 Å². The number of carboxylic acid groups (broad SMARTS) is 1. The van der Waals surface area contributed by atoms with Crippen molar-refractivity contribution in [3.63, 3.8) is 0 Å². The van der Waals surface area contributed by atoms with E-state index in [9.17, 15) is 9.59 Å². The molecule has 112 valence electrons. The van der Waals surface area contributed by atoms with E-state index in [1.54, 1.807) is 6.08 Å². The van der Waals surface area contributed by atoms with Crippen LogP contribution in [0.5, 0.6) is 0 Å². The summed E-state index contributed by atoms with van der Waals surface area (Å²) >= 11 is 0. The largest absolute Gasteiger partial charge is 0.478 e. The summed E-state index contributed by atoms with van der Waals surface area (Å²) in [5.74, 6) is -2.10. The Morgan fingerprint density at radius 2 is 2.20 bits per heavy atom. The second-order valence-corrected chi connectivity index (χ2v) is 4.98. The number of carbonyl (C=O) groups excluding carboxylic acids is 1. The molecule has 0 radical (unpaired) electrons. The van der Waals surface area contributed by atoms with E-state index in [1.807, 2.05) is 6.92 Å². The zero-order valence-electron chi connectivity index (χ0n) is 11.9. The Kier molecular flexibility index (Phi) is 7.01. The molecular weight excluding hydrogens is 260 g/mol. The number of allylic oxidation sites excluding steroid dienone is 1. The second kappa shape index (κ2) is 8.53. The highest BCUT2D eigenvalue weighted by molar-refractivity contribution is 5.94. The van der Waals surface area contributed by atoms with E-state index >= 15 is 0 Å². The van der Waals surface area contributed by atoms with Crippen molar-refractivity contribution in [1.82, 2.24) is 0 Å². The summed E-state index contributed by atoms with van der Waals surface area (Å²) < 4.78 is 10.4. The minimum Gasteiger partial charge on any atom is -0.478 e. The minimum absolute atomic E-state index is 0.166. The maximum absolute atomic E-state index is 11.9. The lowest BCUT2D eigenvalue weighted by atomic mass is 9.88. The summed E-state index contributed by atoms with van der Waals surface area (Å²) in [5, 5.41) is 9.05. The van der Waals surface area contributed by atoms with E-state index in [-0.39, 0.29) is 12.2 Å². The molecule has 0 bridgehead atoms. The lowest BCUT2D eigenvalue weighted by Gasteiger charge is -2.20. The monoisotopic (exact) mass is 282 g/mol. The molecule has 0 spiro atoms. The van der Waals surface area contributed by atoms with E-state index < -0.39 is 17.9 Å². The van der Waals surface area contributed by atoms with E-state index in [4.69, 9.17) is 14.6 Å². The molecule has 1 aliphatic carbocycles. The van der Waals surface area contributed by atoms with Crippen LogP contribution in [0.1, 0.15) is 32.6 Å². The van der Waals surface area contributed by atoms with Crippen LogP contribution in [0.25, 0.3) is 0 Å². The van der Waals surface area contributed by atoms with Gasteiger partial charge in [0.25, 0.3) is 0 Å². The van der Waals surface area contributed by atoms with Crippen molar-refractivity contribution in [3.8, 4) is 0 Å². The lowest BCUT2D eigenvalue weighted by molar-refractivity contribution is -0.150. The third-order valence-electron chi connectivity index (χ3n) is 2.99. The average molecular weight is 282 g/mol. The van der Waals surface area contributed by atoms with Crippen LogP contribution < -0.4 is 0 Å². The topological polar surface area (TPSA) is 72.8 Å². The van der Waals surface area contributed by atoms with Gasteiger partial charge >= 0.3 is 11.9 Å². The van der Waals surface area contributed by atoms with Crippen molar-refractivity contribution in [2.75, 3.05) is 19.8 Å². The molecule has 1 atom stereocenters. The Morgan fingerprint density at radius 3 is 2.85 bits per heavy atom. The van der Waals surface area contributed by atoms with Crippen LogP contribution in [-0.2, 0) is 19.1 Å². The van der Waals surface area contributed by atoms with Gasteiger partial charge in [-0.25, -0.2) is 4.79 Å². The van der Waals surface area contributed by atoms with E-state index in [2.05, 4.69) is 6.58 Å². The summed E-state index contributed by atoms with van der Waals surface area (Å²) in [6.07, 6.45) is 4.28. The highest BCUT2D eigenvalue weighted by atomic mass is 16.5. The van der Waals surface area contributed by atoms with Gasteiger partial charge < -0.3 is 14.6 Å². The molecule has 0 aromatic heterocycles. The normalized spacial score (nSPS) is 18.2. The summed E-state index contributed by atoms with van der Waals surface area (Å²) in [5.41, 5.74) is 1.11. The fraction of sp³-hybridized carbons (Fsp3) is 0.600. The van der Waals surface area contributed by atoms with Gasteiger partial charge in [-0.3, -0.25) is 4.79 Å². The molecule has 20 heavy (non-hydrogen) atoms. The van der Waals surface area contributed by atoms with Crippen molar-refractivity contribution >= 4 is 11.9 Å². The summed E-state index contributed by atoms with van der Waals surface area (Å²) in [4.78, 5) is 22.9. The van der Waals surface area contributed by atoms with Crippen LogP contribution in [0.4, 0.5) is 0 Å². The molecule has 1 unspecified atom stereocenters. The Bertz CT molecular complexity index is 397. The van der Waals surface area contributed by atoms with Gasteiger partial charge in [0.2, 0.25) is 0 Å². The summed E-state index contributed by atoms with van der Waals surface area (Å²) in [7, 11) is 0. The maximum Gasteiger partial charge on any atom is 0.332 e. The number of hydrogen-bond donors (Lipinski definition) is 1. The van der Waals surface area contributed by atoms with Crippen LogP contribution in [0.2, 0.25) is 0 Å². The molecule has 5 nitrogen and oxygen atoms in total. The third-order valence-corrected chi connectivity index (χ3v) is 2.99.